The van der Waals surface area contributed by atoms with Crippen molar-refractivity contribution in [2.24, 2.45) is 11.7 Å². The fraction of sp³-hybridized carbons (Fsp3) is 0.615. The molecule has 2 atom stereocenters. The van der Waals surface area contributed by atoms with Gasteiger partial charge in [0.05, 0.1) is 5.56 Å². The normalized spacial score (nSPS) is 21.3. The van der Waals surface area contributed by atoms with Gasteiger partial charge in [-0.25, -0.2) is 0 Å². The summed E-state index contributed by atoms with van der Waals surface area (Å²) in [6.45, 7) is 5.61. The molecule has 0 spiro atoms. The molecule has 0 aromatic carbocycles. The van der Waals surface area contributed by atoms with Gasteiger partial charge in [0.25, 0.3) is 5.91 Å². The molecule has 1 amide bonds. The van der Waals surface area contributed by atoms with Gasteiger partial charge < -0.3 is 15.6 Å². The zero-order valence-electron chi connectivity index (χ0n) is 11.0. The average molecular weight is 272 g/mol. The number of carbonyl (C=O) groups is 1. The van der Waals surface area contributed by atoms with E-state index in [1.807, 2.05) is 31.0 Å². The lowest BCUT2D eigenvalue weighted by atomic mass is 9.92. The van der Waals surface area contributed by atoms with Crippen LogP contribution in [0.2, 0.25) is 0 Å². The molecular formula is C13H22ClN3O. The van der Waals surface area contributed by atoms with Crippen LogP contribution in [0.15, 0.2) is 12.3 Å². The molecule has 1 aromatic rings. The number of likely N-dealkylation sites (tertiary alicyclic amines) is 1. The number of aromatic amines is 1. The zero-order chi connectivity index (χ0) is 12.4. The Bertz CT molecular complexity index is 403. The zero-order valence-corrected chi connectivity index (χ0v) is 11.8. The highest BCUT2D eigenvalue weighted by atomic mass is 35.5. The van der Waals surface area contributed by atoms with Crippen molar-refractivity contribution in [2.75, 3.05) is 13.1 Å². The number of nitrogens with two attached hydrogens (primary N) is 1. The molecule has 1 saturated heterocycles. The lowest BCUT2D eigenvalue weighted by molar-refractivity contribution is 0.0660. The molecule has 2 heterocycles. The standard InChI is InChI=1S/C13H21N3O.ClH/c1-9(14)11-4-3-7-16(8-11)13(17)12-5-6-15-10(12)2;/h5-6,9,11,15H,3-4,7-8,14H2,1-2H3;1H. The number of nitrogens with one attached hydrogen (secondary N) is 1. The number of H-pyrrole nitrogens is 1. The van der Waals surface area contributed by atoms with Crippen molar-refractivity contribution in [3.8, 4) is 0 Å². The van der Waals surface area contributed by atoms with Gasteiger partial charge in [-0.05, 0) is 38.7 Å². The van der Waals surface area contributed by atoms with Crippen LogP contribution in [0.25, 0.3) is 0 Å². The fourth-order valence-electron chi connectivity index (χ4n) is 2.48. The number of hydrogen-bond acceptors (Lipinski definition) is 2. The maximum Gasteiger partial charge on any atom is 0.255 e. The topological polar surface area (TPSA) is 62.1 Å². The van der Waals surface area contributed by atoms with E-state index in [9.17, 15) is 4.79 Å². The fourth-order valence-corrected chi connectivity index (χ4v) is 2.48. The number of rotatable bonds is 2. The van der Waals surface area contributed by atoms with Gasteiger partial charge >= 0.3 is 0 Å². The molecule has 0 bridgehead atoms. The molecule has 5 heteroatoms. The third-order valence-electron chi connectivity index (χ3n) is 3.67. The molecule has 0 aliphatic carbocycles. The highest BCUT2D eigenvalue weighted by molar-refractivity contribution is 5.95. The molecule has 18 heavy (non-hydrogen) atoms. The number of aryl methyl sites for hydroxylation is 1. The van der Waals surface area contributed by atoms with Crippen LogP contribution >= 0.6 is 12.4 Å². The molecule has 1 fully saturated rings. The Morgan fingerprint density at radius 3 is 2.89 bits per heavy atom. The Labute approximate surface area is 114 Å². The van der Waals surface area contributed by atoms with Gasteiger partial charge in [-0.2, -0.15) is 0 Å². The van der Waals surface area contributed by atoms with Crippen LogP contribution in [-0.4, -0.2) is 34.9 Å². The molecule has 3 N–H and O–H groups in total. The van der Waals surface area contributed by atoms with Crippen LogP contribution in [0, 0.1) is 12.8 Å². The Hall–Kier alpha value is -1.00. The molecule has 102 valence electrons. The number of hydrogen-bond donors (Lipinski definition) is 2. The second-order valence-corrected chi connectivity index (χ2v) is 5.03. The van der Waals surface area contributed by atoms with Crippen molar-refractivity contribution in [1.82, 2.24) is 9.88 Å². The average Bonchev–Trinajstić information content (AvgIpc) is 2.74. The third kappa shape index (κ3) is 3.06. The molecule has 2 rings (SSSR count). The van der Waals surface area contributed by atoms with Crippen molar-refractivity contribution in [1.29, 1.82) is 0 Å². The molecule has 1 aromatic heterocycles. The maximum absolute atomic E-state index is 12.3. The first-order valence-corrected chi connectivity index (χ1v) is 6.28. The number of halogens is 1. The van der Waals surface area contributed by atoms with Crippen molar-refractivity contribution in [3.05, 3.63) is 23.5 Å². The summed E-state index contributed by atoms with van der Waals surface area (Å²) in [4.78, 5) is 17.3. The summed E-state index contributed by atoms with van der Waals surface area (Å²) in [5, 5.41) is 0. The Kier molecular flexibility index (Phi) is 5.23. The number of nitrogens with zero attached hydrogens (tertiary/aromatic N) is 1. The lowest BCUT2D eigenvalue weighted by Gasteiger charge is -2.34. The summed E-state index contributed by atoms with van der Waals surface area (Å²) in [5.74, 6) is 0.570. The highest BCUT2D eigenvalue weighted by Gasteiger charge is 2.27. The van der Waals surface area contributed by atoms with Gasteiger partial charge in [0.15, 0.2) is 0 Å². The molecule has 0 radical (unpaired) electrons. The van der Waals surface area contributed by atoms with Crippen molar-refractivity contribution in [2.45, 2.75) is 32.7 Å². The second-order valence-electron chi connectivity index (χ2n) is 5.03. The number of carbonyl (C=O) groups excluding carboxylic acids is 1. The summed E-state index contributed by atoms with van der Waals surface area (Å²) >= 11 is 0. The number of piperidine rings is 1. The van der Waals surface area contributed by atoms with Gasteiger partial charge in [0, 0.05) is 31.0 Å². The summed E-state index contributed by atoms with van der Waals surface area (Å²) < 4.78 is 0. The predicted molar refractivity (Wildman–Crippen MR) is 75.1 cm³/mol. The monoisotopic (exact) mass is 271 g/mol. The Balaban J connectivity index is 0.00000162. The van der Waals surface area contributed by atoms with Crippen molar-refractivity contribution in [3.63, 3.8) is 0 Å². The molecule has 1 aliphatic rings. The van der Waals surface area contributed by atoms with E-state index in [1.165, 1.54) is 0 Å². The van der Waals surface area contributed by atoms with Crippen LogP contribution < -0.4 is 5.73 Å². The van der Waals surface area contributed by atoms with Crippen molar-refractivity contribution >= 4 is 18.3 Å². The first-order chi connectivity index (χ1) is 8.09. The second kappa shape index (κ2) is 6.25. The van der Waals surface area contributed by atoms with E-state index in [0.29, 0.717) is 5.92 Å². The quantitative estimate of drug-likeness (QED) is 0.864. The van der Waals surface area contributed by atoms with Gasteiger partial charge in [-0.3, -0.25) is 4.79 Å². The van der Waals surface area contributed by atoms with E-state index in [2.05, 4.69) is 4.98 Å². The van der Waals surface area contributed by atoms with Gasteiger partial charge in [0.2, 0.25) is 0 Å². The van der Waals surface area contributed by atoms with E-state index in [-0.39, 0.29) is 24.4 Å². The van der Waals surface area contributed by atoms with Gasteiger partial charge in [0.1, 0.15) is 0 Å². The minimum atomic E-state index is 0. The molecule has 0 saturated carbocycles. The minimum Gasteiger partial charge on any atom is -0.365 e. The lowest BCUT2D eigenvalue weighted by Crippen LogP contribution is -2.45. The van der Waals surface area contributed by atoms with Gasteiger partial charge in [-0.1, -0.05) is 0 Å². The molecule has 2 unspecified atom stereocenters. The number of aromatic nitrogens is 1. The first kappa shape index (κ1) is 15.1. The Morgan fingerprint density at radius 2 is 2.33 bits per heavy atom. The SMILES string of the molecule is Cc1[nH]ccc1C(=O)N1CCCC(C(C)N)C1.Cl. The van der Waals surface area contributed by atoms with E-state index in [0.717, 1.165) is 37.2 Å². The summed E-state index contributed by atoms with van der Waals surface area (Å²) in [6, 6.07) is 2.02. The largest absolute Gasteiger partial charge is 0.365 e. The van der Waals surface area contributed by atoms with Crippen LogP contribution in [0.1, 0.15) is 35.8 Å². The molecular weight excluding hydrogens is 250 g/mol. The third-order valence-corrected chi connectivity index (χ3v) is 3.67. The number of amides is 1. The van der Waals surface area contributed by atoms with Crippen LogP contribution in [0.5, 0.6) is 0 Å². The first-order valence-electron chi connectivity index (χ1n) is 6.28. The predicted octanol–water partition coefficient (Wildman–Crippen LogP) is 1.94. The van der Waals surface area contributed by atoms with E-state index >= 15 is 0 Å². The maximum atomic E-state index is 12.3. The molecule has 1 aliphatic heterocycles. The van der Waals surface area contributed by atoms with Gasteiger partial charge in [-0.15, -0.1) is 12.4 Å². The smallest absolute Gasteiger partial charge is 0.255 e. The van der Waals surface area contributed by atoms with Crippen LogP contribution in [-0.2, 0) is 0 Å². The van der Waals surface area contributed by atoms with Crippen LogP contribution in [0.4, 0.5) is 0 Å². The summed E-state index contributed by atoms with van der Waals surface area (Å²) in [6.07, 6.45) is 4.00. The Morgan fingerprint density at radius 1 is 1.61 bits per heavy atom. The van der Waals surface area contributed by atoms with Crippen LogP contribution in [0.3, 0.4) is 0 Å². The minimum absolute atomic E-state index is 0. The van der Waals surface area contributed by atoms with E-state index in [4.69, 9.17) is 5.73 Å². The summed E-state index contributed by atoms with van der Waals surface area (Å²) in [7, 11) is 0. The summed E-state index contributed by atoms with van der Waals surface area (Å²) in [5.41, 5.74) is 7.66. The van der Waals surface area contributed by atoms with Crippen molar-refractivity contribution < 1.29 is 4.79 Å². The highest BCUT2D eigenvalue weighted by Crippen LogP contribution is 2.21. The van der Waals surface area contributed by atoms with E-state index in [1.54, 1.807) is 0 Å². The molecule has 4 nitrogen and oxygen atoms in total. The van der Waals surface area contributed by atoms with E-state index < -0.39 is 0 Å².